The molecule has 0 aliphatic heterocycles. The predicted octanol–water partition coefficient (Wildman–Crippen LogP) is 2.71. The molecule has 1 rings (SSSR count). The molecule has 2 atom stereocenters. The van der Waals surface area contributed by atoms with Gasteiger partial charge < -0.3 is 10.1 Å². The molecule has 4 nitrogen and oxygen atoms in total. The SMILES string of the molecule is CCc1nn(CC(C)OC)c(CC)c1C(CC)NC. The topological polar surface area (TPSA) is 39.1 Å². The molecular weight excluding hydrogens is 238 g/mol. The van der Waals surface area contributed by atoms with E-state index in [0.29, 0.717) is 6.04 Å². The summed E-state index contributed by atoms with van der Waals surface area (Å²) in [5.41, 5.74) is 3.97. The zero-order chi connectivity index (χ0) is 14.4. The fourth-order valence-corrected chi connectivity index (χ4v) is 2.62. The molecule has 19 heavy (non-hydrogen) atoms. The van der Waals surface area contributed by atoms with Crippen LogP contribution in [0.25, 0.3) is 0 Å². The zero-order valence-electron chi connectivity index (χ0n) is 13.3. The molecule has 0 fully saturated rings. The molecular formula is C15H29N3O. The summed E-state index contributed by atoms with van der Waals surface area (Å²) in [5, 5.41) is 8.21. The number of hydrogen-bond acceptors (Lipinski definition) is 3. The van der Waals surface area contributed by atoms with E-state index in [9.17, 15) is 0 Å². The van der Waals surface area contributed by atoms with Crippen molar-refractivity contribution >= 4 is 0 Å². The Bertz CT molecular complexity index is 383. The smallest absolute Gasteiger partial charge is 0.0739 e. The first-order valence-corrected chi connectivity index (χ1v) is 7.41. The van der Waals surface area contributed by atoms with Crippen molar-refractivity contribution in [3.8, 4) is 0 Å². The van der Waals surface area contributed by atoms with Crippen molar-refractivity contribution in [2.75, 3.05) is 14.2 Å². The van der Waals surface area contributed by atoms with E-state index in [-0.39, 0.29) is 6.10 Å². The van der Waals surface area contributed by atoms with E-state index >= 15 is 0 Å². The van der Waals surface area contributed by atoms with Crippen molar-refractivity contribution in [1.29, 1.82) is 0 Å². The maximum absolute atomic E-state index is 5.37. The largest absolute Gasteiger partial charge is 0.380 e. The number of methoxy groups -OCH3 is 1. The van der Waals surface area contributed by atoms with Crippen LogP contribution >= 0.6 is 0 Å². The van der Waals surface area contributed by atoms with E-state index < -0.39 is 0 Å². The van der Waals surface area contributed by atoms with Crippen molar-refractivity contribution in [3.63, 3.8) is 0 Å². The van der Waals surface area contributed by atoms with Crippen LogP contribution in [-0.2, 0) is 24.1 Å². The van der Waals surface area contributed by atoms with Crippen LogP contribution in [0, 0.1) is 0 Å². The summed E-state index contributed by atoms with van der Waals surface area (Å²) in [6.45, 7) is 9.51. The van der Waals surface area contributed by atoms with Crippen LogP contribution in [0.3, 0.4) is 0 Å². The van der Waals surface area contributed by atoms with Crippen LogP contribution in [0.1, 0.15) is 57.1 Å². The summed E-state index contributed by atoms with van der Waals surface area (Å²) in [5.74, 6) is 0. The summed E-state index contributed by atoms with van der Waals surface area (Å²) >= 11 is 0. The number of rotatable bonds is 8. The predicted molar refractivity (Wildman–Crippen MR) is 79.5 cm³/mol. The van der Waals surface area contributed by atoms with Gasteiger partial charge in [-0.15, -0.1) is 0 Å². The van der Waals surface area contributed by atoms with Crippen LogP contribution in [0.2, 0.25) is 0 Å². The zero-order valence-corrected chi connectivity index (χ0v) is 13.3. The van der Waals surface area contributed by atoms with E-state index in [1.807, 2.05) is 7.05 Å². The lowest BCUT2D eigenvalue weighted by Gasteiger charge is -2.17. The molecule has 0 amide bonds. The third-order valence-electron chi connectivity index (χ3n) is 3.78. The molecule has 0 aliphatic rings. The van der Waals surface area contributed by atoms with Crippen molar-refractivity contribution in [1.82, 2.24) is 15.1 Å². The van der Waals surface area contributed by atoms with Gasteiger partial charge in [-0.3, -0.25) is 4.68 Å². The van der Waals surface area contributed by atoms with Crippen molar-refractivity contribution in [3.05, 3.63) is 17.0 Å². The third kappa shape index (κ3) is 3.57. The molecule has 1 aromatic heterocycles. The van der Waals surface area contributed by atoms with Crippen LogP contribution < -0.4 is 5.32 Å². The summed E-state index contributed by atoms with van der Waals surface area (Å²) in [6.07, 6.45) is 3.27. The van der Waals surface area contributed by atoms with Gasteiger partial charge in [0.15, 0.2) is 0 Å². The van der Waals surface area contributed by atoms with Gasteiger partial charge in [-0.05, 0) is 33.2 Å². The van der Waals surface area contributed by atoms with Crippen LogP contribution in [0.15, 0.2) is 0 Å². The van der Waals surface area contributed by atoms with Gasteiger partial charge in [0.05, 0.1) is 18.3 Å². The maximum atomic E-state index is 5.37. The second-order valence-electron chi connectivity index (χ2n) is 4.99. The quantitative estimate of drug-likeness (QED) is 0.787. The Balaban J connectivity index is 3.20. The molecule has 0 bridgehead atoms. The molecule has 0 saturated carbocycles. The second-order valence-corrected chi connectivity index (χ2v) is 4.99. The normalized spacial score (nSPS) is 14.6. The number of nitrogens with zero attached hydrogens (tertiary/aromatic N) is 2. The number of hydrogen-bond donors (Lipinski definition) is 1. The minimum Gasteiger partial charge on any atom is -0.380 e. The molecule has 0 radical (unpaired) electrons. The molecule has 1 heterocycles. The van der Waals surface area contributed by atoms with Crippen LogP contribution in [-0.4, -0.2) is 30.0 Å². The fraction of sp³-hybridized carbons (Fsp3) is 0.800. The van der Waals surface area contributed by atoms with Crippen molar-refractivity contribution in [2.45, 2.75) is 65.6 Å². The fourth-order valence-electron chi connectivity index (χ4n) is 2.62. The molecule has 1 N–H and O–H groups in total. The molecule has 110 valence electrons. The van der Waals surface area contributed by atoms with Crippen LogP contribution in [0.5, 0.6) is 0 Å². The third-order valence-corrected chi connectivity index (χ3v) is 3.78. The minimum atomic E-state index is 0.192. The first kappa shape index (κ1) is 16.2. The lowest BCUT2D eigenvalue weighted by molar-refractivity contribution is 0.0989. The number of aryl methyl sites for hydroxylation is 1. The average Bonchev–Trinajstić information content (AvgIpc) is 2.77. The first-order valence-electron chi connectivity index (χ1n) is 7.41. The molecule has 0 aliphatic carbocycles. The first-order chi connectivity index (χ1) is 9.12. The van der Waals surface area contributed by atoms with Crippen LogP contribution in [0.4, 0.5) is 0 Å². The van der Waals surface area contributed by atoms with Crippen molar-refractivity contribution in [2.24, 2.45) is 0 Å². The van der Waals surface area contributed by atoms with Gasteiger partial charge in [0.2, 0.25) is 0 Å². The summed E-state index contributed by atoms with van der Waals surface area (Å²) in [6, 6.07) is 0.400. The Morgan fingerprint density at radius 1 is 1.26 bits per heavy atom. The highest BCUT2D eigenvalue weighted by atomic mass is 16.5. The highest BCUT2D eigenvalue weighted by molar-refractivity contribution is 5.30. The molecule has 4 heteroatoms. The van der Waals surface area contributed by atoms with E-state index in [1.54, 1.807) is 7.11 Å². The van der Waals surface area contributed by atoms with E-state index in [0.717, 1.165) is 25.8 Å². The Kier molecular flexibility index (Phi) is 6.52. The number of ether oxygens (including phenoxy) is 1. The molecule has 2 unspecified atom stereocenters. The van der Waals surface area contributed by atoms with Gasteiger partial charge in [-0.1, -0.05) is 20.8 Å². The Hall–Kier alpha value is -0.870. The Morgan fingerprint density at radius 2 is 1.95 bits per heavy atom. The number of nitrogens with one attached hydrogen (secondary N) is 1. The minimum absolute atomic E-state index is 0.192. The van der Waals surface area contributed by atoms with Gasteiger partial charge >= 0.3 is 0 Å². The van der Waals surface area contributed by atoms with E-state index in [2.05, 4.69) is 37.7 Å². The van der Waals surface area contributed by atoms with Crippen molar-refractivity contribution < 1.29 is 4.74 Å². The molecule has 0 spiro atoms. The van der Waals surface area contributed by atoms with E-state index in [4.69, 9.17) is 9.84 Å². The standard InChI is InChI=1S/C15H29N3O/c1-7-12(16-5)15-13(8-2)17-18(14(15)9-3)10-11(4)19-6/h11-12,16H,7-10H2,1-6H3. The lowest BCUT2D eigenvalue weighted by atomic mass is 9.99. The Morgan fingerprint density at radius 3 is 2.37 bits per heavy atom. The molecule has 0 aromatic carbocycles. The average molecular weight is 267 g/mol. The summed E-state index contributed by atoms with van der Waals surface area (Å²) in [4.78, 5) is 0. The molecule has 0 saturated heterocycles. The van der Waals surface area contributed by atoms with Gasteiger partial charge in [0.25, 0.3) is 0 Å². The lowest BCUT2D eigenvalue weighted by Crippen LogP contribution is -2.20. The summed E-state index contributed by atoms with van der Waals surface area (Å²) < 4.78 is 7.51. The van der Waals surface area contributed by atoms with Gasteiger partial charge in [0, 0.05) is 24.4 Å². The summed E-state index contributed by atoms with van der Waals surface area (Å²) in [7, 11) is 3.78. The maximum Gasteiger partial charge on any atom is 0.0739 e. The van der Waals surface area contributed by atoms with Gasteiger partial charge in [-0.2, -0.15) is 5.10 Å². The monoisotopic (exact) mass is 267 g/mol. The van der Waals surface area contributed by atoms with Gasteiger partial charge in [0.1, 0.15) is 0 Å². The molecule has 1 aromatic rings. The van der Waals surface area contributed by atoms with Gasteiger partial charge in [-0.25, -0.2) is 0 Å². The second kappa shape index (κ2) is 7.65. The number of aromatic nitrogens is 2. The Labute approximate surface area is 117 Å². The van der Waals surface area contributed by atoms with E-state index in [1.165, 1.54) is 17.0 Å². The highest BCUT2D eigenvalue weighted by Crippen LogP contribution is 2.26. The highest BCUT2D eigenvalue weighted by Gasteiger charge is 2.21.